The van der Waals surface area contributed by atoms with Crippen LogP contribution in [0, 0.1) is 0 Å². The molecule has 0 aliphatic carbocycles. The highest BCUT2D eigenvalue weighted by Gasteiger charge is 2.22. The number of benzene rings is 4. The molecular formula is C29H25N3O3. The van der Waals surface area contributed by atoms with Crippen LogP contribution in [0.25, 0.3) is 21.7 Å². The molecular weight excluding hydrogens is 438 g/mol. The Labute approximate surface area is 202 Å². The van der Waals surface area contributed by atoms with Crippen LogP contribution in [0.4, 0.5) is 5.69 Å². The van der Waals surface area contributed by atoms with E-state index in [2.05, 4.69) is 10.4 Å². The Morgan fingerprint density at radius 1 is 0.914 bits per heavy atom. The van der Waals surface area contributed by atoms with Crippen LogP contribution in [-0.2, 0) is 11.2 Å². The predicted molar refractivity (Wildman–Crippen MR) is 138 cm³/mol. The highest BCUT2D eigenvalue weighted by molar-refractivity contribution is 6.06. The van der Waals surface area contributed by atoms with Gasteiger partial charge in [0, 0.05) is 23.1 Å². The van der Waals surface area contributed by atoms with Crippen molar-refractivity contribution in [2.75, 3.05) is 5.32 Å². The van der Waals surface area contributed by atoms with Crippen molar-refractivity contribution >= 4 is 39.2 Å². The molecule has 4 aromatic carbocycles. The lowest BCUT2D eigenvalue weighted by Crippen LogP contribution is -2.19. The number of amides is 1. The normalized spacial score (nSPS) is 12.0. The van der Waals surface area contributed by atoms with E-state index in [0.29, 0.717) is 24.1 Å². The molecule has 0 saturated heterocycles. The van der Waals surface area contributed by atoms with Crippen molar-refractivity contribution in [3.63, 3.8) is 0 Å². The lowest BCUT2D eigenvalue weighted by Gasteiger charge is -2.11. The van der Waals surface area contributed by atoms with Gasteiger partial charge in [-0.15, -0.1) is 0 Å². The van der Waals surface area contributed by atoms with Gasteiger partial charge >= 0.3 is 5.97 Å². The Balaban J connectivity index is 1.35. The maximum Gasteiger partial charge on any atom is 0.328 e. The molecule has 6 nitrogen and oxygen atoms in total. The molecule has 2 N–H and O–H groups in total. The first-order valence-electron chi connectivity index (χ1n) is 11.6. The van der Waals surface area contributed by atoms with Crippen LogP contribution in [0.15, 0.2) is 91.0 Å². The van der Waals surface area contributed by atoms with Gasteiger partial charge in [-0.2, -0.15) is 5.10 Å². The van der Waals surface area contributed by atoms with Crippen LogP contribution in [0.5, 0.6) is 0 Å². The minimum atomic E-state index is -0.890. The largest absolute Gasteiger partial charge is 0.480 e. The molecule has 0 fully saturated rings. The number of fused-ring (bicyclic) bond motifs is 2. The summed E-state index contributed by atoms with van der Waals surface area (Å²) in [6, 6.07) is 28.3. The first-order chi connectivity index (χ1) is 17.0. The third kappa shape index (κ3) is 4.51. The molecule has 1 atom stereocenters. The third-order valence-corrected chi connectivity index (χ3v) is 6.25. The van der Waals surface area contributed by atoms with E-state index in [-0.39, 0.29) is 5.91 Å². The van der Waals surface area contributed by atoms with Gasteiger partial charge in [-0.05, 0) is 53.1 Å². The average Bonchev–Trinajstić information content (AvgIpc) is 3.23. The monoisotopic (exact) mass is 463 g/mol. The van der Waals surface area contributed by atoms with E-state index in [9.17, 15) is 14.7 Å². The molecule has 35 heavy (non-hydrogen) atoms. The molecule has 0 saturated carbocycles. The first-order valence-corrected chi connectivity index (χ1v) is 11.6. The number of aromatic nitrogens is 2. The molecule has 0 radical (unpaired) electrons. The smallest absolute Gasteiger partial charge is 0.328 e. The van der Waals surface area contributed by atoms with Gasteiger partial charge in [-0.1, -0.05) is 67.6 Å². The van der Waals surface area contributed by atoms with Crippen LogP contribution >= 0.6 is 0 Å². The number of hydrogen-bond acceptors (Lipinski definition) is 3. The number of hydrogen-bond donors (Lipinski definition) is 2. The summed E-state index contributed by atoms with van der Waals surface area (Å²) in [5.74, 6) is -1.05. The molecule has 1 aromatic heterocycles. The van der Waals surface area contributed by atoms with Crippen LogP contribution in [-0.4, -0.2) is 26.8 Å². The minimum absolute atomic E-state index is 0.160. The number of nitrogens with zero attached hydrogens (tertiary/aromatic N) is 2. The second-order valence-corrected chi connectivity index (χ2v) is 8.56. The van der Waals surface area contributed by atoms with Gasteiger partial charge < -0.3 is 10.4 Å². The Kier molecular flexibility index (Phi) is 6.02. The fraction of sp³-hybridized carbons (Fsp3) is 0.138. The van der Waals surface area contributed by atoms with Gasteiger partial charge in [-0.25, -0.2) is 4.79 Å². The molecule has 6 heteroatoms. The van der Waals surface area contributed by atoms with Crippen molar-refractivity contribution < 1.29 is 14.7 Å². The number of rotatable bonds is 7. The van der Waals surface area contributed by atoms with E-state index in [1.54, 1.807) is 4.68 Å². The minimum Gasteiger partial charge on any atom is -0.480 e. The van der Waals surface area contributed by atoms with Gasteiger partial charge in [0.15, 0.2) is 0 Å². The zero-order chi connectivity index (χ0) is 24.4. The summed E-state index contributed by atoms with van der Waals surface area (Å²) in [4.78, 5) is 24.5. The Morgan fingerprint density at radius 2 is 1.63 bits per heavy atom. The number of carboxylic acids is 1. The second kappa shape index (κ2) is 9.43. The lowest BCUT2D eigenvalue weighted by molar-refractivity contribution is -0.141. The van der Waals surface area contributed by atoms with Crippen LogP contribution in [0.2, 0.25) is 0 Å². The fourth-order valence-electron chi connectivity index (χ4n) is 4.41. The van der Waals surface area contributed by atoms with E-state index >= 15 is 0 Å². The lowest BCUT2D eigenvalue weighted by atomic mass is 10.1. The Hall–Kier alpha value is -4.45. The number of carboxylic acid groups (broad SMARTS) is 1. The van der Waals surface area contributed by atoms with E-state index in [4.69, 9.17) is 0 Å². The van der Waals surface area contributed by atoms with Crippen molar-refractivity contribution in [3.05, 3.63) is 108 Å². The van der Waals surface area contributed by atoms with Gasteiger partial charge in [0.25, 0.3) is 5.91 Å². The summed E-state index contributed by atoms with van der Waals surface area (Å²) in [5.41, 5.74) is 3.98. The summed E-state index contributed by atoms with van der Waals surface area (Å²) < 4.78 is 1.62. The summed E-state index contributed by atoms with van der Waals surface area (Å²) in [6.07, 6.45) is 1.01. The zero-order valence-electron chi connectivity index (χ0n) is 19.3. The molecule has 0 aliphatic rings. The van der Waals surface area contributed by atoms with E-state index < -0.39 is 12.0 Å². The summed E-state index contributed by atoms with van der Waals surface area (Å²) >= 11 is 0. The molecule has 5 aromatic rings. The van der Waals surface area contributed by atoms with Crippen molar-refractivity contribution in [2.24, 2.45) is 0 Å². The van der Waals surface area contributed by atoms with Crippen molar-refractivity contribution in [3.8, 4) is 0 Å². The first kappa shape index (κ1) is 22.3. The number of carbonyl (C=O) groups is 2. The van der Waals surface area contributed by atoms with Crippen LogP contribution < -0.4 is 5.32 Å². The fourth-order valence-corrected chi connectivity index (χ4v) is 4.41. The van der Waals surface area contributed by atoms with Crippen molar-refractivity contribution in [2.45, 2.75) is 25.8 Å². The molecule has 0 bridgehead atoms. The standard InChI is InChI=1S/C29H25N3O3/c1-2-26(29(34)35)32-27-10-6-5-9-24(27)25(31-32)17-19-11-15-23(16-12-19)30-28(33)22-14-13-20-7-3-4-8-21(20)18-22/h3-16,18,26H,2,17H2,1H3,(H,30,33)(H,34,35). The average molecular weight is 464 g/mol. The van der Waals surface area contributed by atoms with Crippen LogP contribution in [0.3, 0.4) is 0 Å². The third-order valence-electron chi connectivity index (χ3n) is 6.25. The Morgan fingerprint density at radius 3 is 2.37 bits per heavy atom. The van der Waals surface area contributed by atoms with Gasteiger partial charge in [-0.3, -0.25) is 9.48 Å². The van der Waals surface area contributed by atoms with E-state index in [1.807, 2.05) is 97.9 Å². The highest BCUT2D eigenvalue weighted by atomic mass is 16.4. The molecule has 1 heterocycles. The van der Waals surface area contributed by atoms with Gasteiger partial charge in [0.1, 0.15) is 6.04 Å². The molecule has 0 aliphatic heterocycles. The van der Waals surface area contributed by atoms with E-state index in [1.165, 1.54) is 0 Å². The van der Waals surface area contributed by atoms with Crippen molar-refractivity contribution in [1.29, 1.82) is 0 Å². The number of aliphatic carboxylic acids is 1. The molecule has 5 rings (SSSR count). The number of anilines is 1. The topological polar surface area (TPSA) is 84.2 Å². The molecule has 0 spiro atoms. The summed E-state index contributed by atoms with van der Waals surface area (Å²) in [5, 5.41) is 20.3. The molecule has 1 amide bonds. The summed E-state index contributed by atoms with van der Waals surface area (Å²) in [6.45, 7) is 1.85. The molecule has 174 valence electrons. The maximum atomic E-state index is 12.8. The number of nitrogens with one attached hydrogen (secondary N) is 1. The quantitative estimate of drug-likeness (QED) is 0.307. The van der Waals surface area contributed by atoms with Gasteiger partial charge in [0.2, 0.25) is 0 Å². The highest BCUT2D eigenvalue weighted by Crippen LogP contribution is 2.26. The number of carbonyl (C=O) groups excluding carboxylic acids is 1. The van der Waals surface area contributed by atoms with E-state index in [0.717, 1.165) is 32.9 Å². The summed E-state index contributed by atoms with van der Waals surface area (Å²) in [7, 11) is 0. The predicted octanol–water partition coefficient (Wildman–Crippen LogP) is 6.07. The number of para-hydroxylation sites is 1. The SMILES string of the molecule is CCC(C(=O)O)n1nc(Cc2ccc(NC(=O)c3ccc4ccccc4c3)cc2)c2ccccc21. The molecule has 1 unspecified atom stereocenters. The van der Waals surface area contributed by atoms with Crippen LogP contribution in [0.1, 0.15) is 41.0 Å². The zero-order valence-corrected chi connectivity index (χ0v) is 19.3. The second-order valence-electron chi connectivity index (χ2n) is 8.56. The maximum absolute atomic E-state index is 12.8. The van der Waals surface area contributed by atoms with Crippen molar-refractivity contribution in [1.82, 2.24) is 9.78 Å². The Bertz CT molecular complexity index is 1540. The van der Waals surface area contributed by atoms with Gasteiger partial charge in [0.05, 0.1) is 11.2 Å².